The van der Waals surface area contributed by atoms with Gasteiger partial charge >= 0.3 is 0 Å². The smallest absolute Gasteiger partial charge is 0.185 e. The number of aromatic nitrogens is 1. The number of aryl methyl sites for hydroxylation is 1. The summed E-state index contributed by atoms with van der Waals surface area (Å²) in [5.41, 5.74) is 1.16. The molecule has 1 fully saturated rings. The van der Waals surface area contributed by atoms with Gasteiger partial charge < -0.3 is 10.0 Å². The average Bonchev–Trinajstić information content (AvgIpc) is 2.74. The van der Waals surface area contributed by atoms with E-state index in [2.05, 4.69) is 26.6 Å². The maximum atomic E-state index is 8.94. The summed E-state index contributed by atoms with van der Waals surface area (Å²) in [5.74, 6) is 0. The van der Waals surface area contributed by atoms with Crippen molar-refractivity contribution < 1.29 is 5.11 Å². The predicted molar refractivity (Wildman–Crippen MR) is 80.0 cm³/mol. The number of hydrogen-bond donors (Lipinski definition) is 1. The van der Waals surface area contributed by atoms with Crippen molar-refractivity contribution in [1.82, 2.24) is 14.8 Å². The number of thiazole rings is 1. The van der Waals surface area contributed by atoms with Crippen molar-refractivity contribution in [3.8, 4) is 0 Å². The van der Waals surface area contributed by atoms with Gasteiger partial charge in [-0.3, -0.25) is 9.80 Å². The first-order valence-corrected chi connectivity index (χ1v) is 7.61. The van der Waals surface area contributed by atoms with Crippen molar-refractivity contribution in [2.45, 2.75) is 13.5 Å². The summed E-state index contributed by atoms with van der Waals surface area (Å²) in [4.78, 5) is 12.8. The van der Waals surface area contributed by atoms with Crippen LogP contribution in [0.4, 0.5) is 5.13 Å². The Bertz CT molecular complexity index is 399. The van der Waals surface area contributed by atoms with Crippen LogP contribution in [-0.4, -0.2) is 73.3 Å². The molecular weight excluding hydrogens is 260 g/mol. The normalized spacial score (nSPS) is 17.9. The molecule has 5 nitrogen and oxygen atoms in total. The Hall–Kier alpha value is -0.690. The second kappa shape index (κ2) is 6.65. The molecule has 0 unspecified atom stereocenters. The molecule has 1 aromatic heterocycles. The monoisotopic (exact) mass is 284 g/mol. The molecule has 6 heteroatoms. The molecule has 2 heterocycles. The second-order valence-electron chi connectivity index (χ2n) is 5.24. The van der Waals surface area contributed by atoms with Gasteiger partial charge in [-0.1, -0.05) is 0 Å². The number of β-amino-alcohol motifs (C(OH)–C–C–N with tert-alkyl or cyclic N) is 1. The van der Waals surface area contributed by atoms with Crippen LogP contribution in [0.15, 0.2) is 0 Å². The molecule has 0 bridgehead atoms. The first kappa shape index (κ1) is 14.7. The number of piperazine rings is 1. The molecule has 1 N–H and O–H groups in total. The Morgan fingerprint density at radius 2 is 1.84 bits per heavy atom. The van der Waals surface area contributed by atoms with Crippen molar-refractivity contribution >= 4 is 16.5 Å². The highest BCUT2D eigenvalue weighted by molar-refractivity contribution is 7.15. The number of anilines is 1. The molecular formula is C13H24N4OS. The van der Waals surface area contributed by atoms with Crippen molar-refractivity contribution in [2.75, 3.05) is 58.3 Å². The highest BCUT2D eigenvalue weighted by atomic mass is 32.1. The predicted octanol–water partition coefficient (Wildman–Crippen LogP) is 0.627. The zero-order chi connectivity index (χ0) is 13.8. The fraction of sp³-hybridized carbons (Fsp3) is 0.769. The Balaban J connectivity index is 1.88. The number of aliphatic hydroxyl groups is 1. The molecule has 1 aliphatic rings. The SMILES string of the molecule is Cc1nc(N(C)C)sc1CN1CCN(CCO)CC1. The molecule has 0 amide bonds. The van der Waals surface area contributed by atoms with Crippen LogP contribution in [0, 0.1) is 6.92 Å². The lowest BCUT2D eigenvalue weighted by atomic mass is 10.3. The van der Waals surface area contributed by atoms with Gasteiger partial charge in [0.05, 0.1) is 12.3 Å². The van der Waals surface area contributed by atoms with Gasteiger partial charge in [0.25, 0.3) is 0 Å². The maximum absolute atomic E-state index is 8.94. The highest BCUT2D eigenvalue weighted by Crippen LogP contribution is 2.26. The van der Waals surface area contributed by atoms with E-state index in [1.54, 1.807) is 11.3 Å². The van der Waals surface area contributed by atoms with E-state index in [0.29, 0.717) is 0 Å². The first-order chi connectivity index (χ1) is 9.10. The third-order valence-corrected chi connectivity index (χ3v) is 4.82. The van der Waals surface area contributed by atoms with Gasteiger partial charge in [-0.2, -0.15) is 0 Å². The summed E-state index contributed by atoms with van der Waals surface area (Å²) in [5, 5.41) is 10.0. The lowest BCUT2D eigenvalue weighted by Gasteiger charge is -2.34. The Morgan fingerprint density at radius 3 is 2.37 bits per heavy atom. The van der Waals surface area contributed by atoms with Crippen LogP contribution < -0.4 is 4.90 Å². The summed E-state index contributed by atoms with van der Waals surface area (Å²) in [6, 6.07) is 0. The van der Waals surface area contributed by atoms with E-state index in [0.717, 1.165) is 50.1 Å². The van der Waals surface area contributed by atoms with E-state index >= 15 is 0 Å². The van der Waals surface area contributed by atoms with Crippen LogP contribution in [-0.2, 0) is 6.54 Å². The van der Waals surface area contributed by atoms with Gasteiger partial charge in [-0.05, 0) is 6.92 Å². The Labute approximate surface area is 119 Å². The van der Waals surface area contributed by atoms with Crippen molar-refractivity contribution in [2.24, 2.45) is 0 Å². The lowest BCUT2D eigenvalue weighted by Crippen LogP contribution is -2.46. The minimum Gasteiger partial charge on any atom is -0.395 e. The molecule has 0 radical (unpaired) electrons. The van der Waals surface area contributed by atoms with Gasteiger partial charge in [0.1, 0.15) is 0 Å². The lowest BCUT2D eigenvalue weighted by molar-refractivity contribution is 0.109. The van der Waals surface area contributed by atoms with Gasteiger partial charge in [0.15, 0.2) is 5.13 Å². The Morgan fingerprint density at radius 1 is 1.21 bits per heavy atom. The molecule has 1 aromatic rings. The molecule has 0 aliphatic carbocycles. The summed E-state index contributed by atoms with van der Waals surface area (Å²) < 4.78 is 0. The summed E-state index contributed by atoms with van der Waals surface area (Å²) >= 11 is 1.79. The van der Waals surface area contributed by atoms with Crippen LogP contribution in [0.5, 0.6) is 0 Å². The van der Waals surface area contributed by atoms with Crippen LogP contribution in [0.1, 0.15) is 10.6 Å². The molecule has 0 atom stereocenters. The number of nitrogens with zero attached hydrogens (tertiary/aromatic N) is 4. The molecule has 1 saturated heterocycles. The average molecular weight is 284 g/mol. The van der Waals surface area contributed by atoms with Gasteiger partial charge in [0.2, 0.25) is 0 Å². The Kier molecular flexibility index (Phi) is 5.15. The molecule has 1 aliphatic heterocycles. The van der Waals surface area contributed by atoms with Crippen molar-refractivity contribution in [3.63, 3.8) is 0 Å². The van der Waals surface area contributed by atoms with Gasteiger partial charge in [-0.25, -0.2) is 4.98 Å². The summed E-state index contributed by atoms with van der Waals surface area (Å²) in [6.45, 7) is 8.44. The number of rotatable bonds is 5. The summed E-state index contributed by atoms with van der Waals surface area (Å²) in [6.07, 6.45) is 0. The fourth-order valence-corrected chi connectivity index (χ4v) is 3.29. The van der Waals surface area contributed by atoms with Crippen molar-refractivity contribution in [3.05, 3.63) is 10.6 Å². The zero-order valence-electron chi connectivity index (χ0n) is 12.1. The molecule has 108 valence electrons. The van der Waals surface area contributed by atoms with Gasteiger partial charge in [0, 0.05) is 58.2 Å². The molecule has 0 aromatic carbocycles. The number of hydrogen-bond acceptors (Lipinski definition) is 6. The van der Waals surface area contributed by atoms with E-state index < -0.39 is 0 Å². The quantitative estimate of drug-likeness (QED) is 0.859. The van der Waals surface area contributed by atoms with Crippen LogP contribution in [0.3, 0.4) is 0 Å². The van der Waals surface area contributed by atoms with Crippen LogP contribution in [0.25, 0.3) is 0 Å². The maximum Gasteiger partial charge on any atom is 0.185 e. The van der Waals surface area contributed by atoms with Crippen molar-refractivity contribution in [1.29, 1.82) is 0 Å². The van der Waals surface area contributed by atoms with Gasteiger partial charge in [-0.15, -0.1) is 11.3 Å². The van der Waals surface area contributed by atoms with E-state index in [9.17, 15) is 0 Å². The van der Waals surface area contributed by atoms with Crippen LogP contribution >= 0.6 is 11.3 Å². The minimum absolute atomic E-state index is 0.264. The molecule has 19 heavy (non-hydrogen) atoms. The number of aliphatic hydroxyl groups excluding tert-OH is 1. The topological polar surface area (TPSA) is 42.8 Å². The third kappa shape index (κ3) is 3.89. The van der Waals surface area contributed by atoms with E-state index in [4.69, 9.17) is 5.11 Å². The summed E-state index contributed by atoms with van der Waals surface area (Å²) in [7, 11) is 4.07. The van der Waals surface area contributed by atoms with E-state index in [-0.39, 0.29) is 6.61 Å². The molecule has 0 spiro atoms. The largest absolute Gasteiger partial charge is 0.395 e. The van der Waals surface area contributed by atoms with E-state index in [1.165, 1.54) is 4.88 Å². The minimum atomic E-state index is 0.264. The standard InChI is InChI=1S/C13H24N4OS/c1-11-12(19-13(14-11)15(2)3)10-17-6-4-16(5-7-17)8-9-18/h18H,4-10H2,1-3H3. The fourth-order valence-electron chi connectivity index (χ4n) is 2.27. The van der Waals surface area contributed by atoms with Crippen LogP contribution in [0.2, 0.25) is 0 Å². The zero-order valence-corrected chi connectivity index (χ0v) is 12.9. The highest BCUT2D eigenvalue weighted by Gasteiger charge is 2.18. The second-order valence-corrected chi connectivity index (χ2v) is 6.30. The molecule has 0 saturated carbocycles. The molecule has 2 rings (SSSR count). The van der Waals surface area contributed by atoms with E-state index in [1.807, 2.05) is 14.1 Å². The first-order valence-electron chi connectivity index (χ1n) is 6.79. The third-order valence-electron chi connectivity index (χ3n) is 3.51.